The molecule has 0 atom stereocenters. The Morgan fingerprint density at radius 1 is 1.17 bits per heavy atom. The molecule has 2 aromatic heterocycles. The van der Waals surface area contributed by atoms with Crippen molar-refractivity contribution < 1.29 is 18.0 Å². The lowest BCUT2D eigenvalue weighted by atomic mass is 10.2. The van der Waals surface area contributed by atoms with Crippen molar-refractivity contribution in [2.45, 2.75) is 44.4 Å². The summed E-state index contributed by atoms with van der Waals surface area (Å²) in [6, 6.07) is 10.7. The number of hydrogen-bond donors (Lipinski definition) is 0. The molecular weight excluding hydrogens is 413 g/mol. The molecule has 4 rings (SSSR count). The van der Waals surface area contributed by atoms with Gasteiger partial charge in [0.2, 0.25) is 0 Å². The second kappa shape index (κ2) is 8.59. The number of alkyl halides is 3. The zero-order valence-corrected chi connectivity index (χ0v) is 17.0. The normalized spacial score (nSPS) is 14.9. The van der Waals surface area contributed by atoms with Crippen molar-refractivity contribution in [2.75, 3.05) is 6.54 Å². The van der Waals surface area contributed by atoms with Crippen molar-refractivity contribution in [3.63, 3.8) is 0 Å². The van der Waals surface area contributed by atoms with E-state index in [0.29, 0.717) is 12.2 Å². The average molecular weight is 434 g/mol. The van der Waals surface area contributed by atoms with Crippen LogP contribution in [0.3, 0.4) is 0 Å². The number of benzene rings is 1. The number of carbonyl (C=O) groups is 1. The Labute approximate surface area is 176 Å². The van der Waals surface area contributed by atoms with Crippen LogP contribution in [0.2, 0.25) is 0 Å². The predicted octanol–water partition coefficient (Wildman–Crippen LogP) is 5.11. The summed E-state index contributed by atoms with van der Waals surface area (Å²) in [5, 5.41) is 6.12. The van der Waals surface area contributed by atoms with Gasteiger partial charge in [0, 0.05) is 29.7 Å². The minimum absolute atomic E-state index is 0.0806. The Hall–Kier alpha value is -2.68. The summed E-state index contributed by atoms with van der Waals surface area (Å²) in [6.07, 6.45) is 0.710. The standard InChI is InChI=1S/C21H21F3N4OS/c22-21(23,24)18-10-11-27(26-18)12-13-28(16-8-4-5-9-16)20(29)17-14-30-19(25-17)15-6-2-1-3-7-15/h1-3,6-7,10-11,14,16H,4-5,8-9,12-13H2. The first kappa shape index (κ1) is 20.6. The number of thiazole rings is 1. The Bertz CT molecular complexity index is 993. The van der Waals surface area contributed by atoms with Gasteiger partial charge in [-0.3, -0.25) is 9.48 Å². The maximum absolute atomic E-state index is 13.2. The SMILES string of the molecule is O=C(c1csc(-c2ccccc2)n1)N(CCn1ccc(C(F)(F)F)n1)C1CCCC1. The number of hydrogen-bond acceptors (Lipinski definition) is 4. The third-order valence-corrected chi connectivity index (χ3v) is 6.16. The van der Waals surface area contributed by atoms with Gasteiger partial charge in [0.1, 0.15) is 10.7 Å². The molecule has 1 aliphatic carbocycles. The molecule has 30 heavy (non-hydrogen) atoms. The van der Waals surface area contributed by atoms with E-state index in [1.807, 2.05) is 30.3 Å². The van der Waals surface area contributed by atoms with Crippen LogP contribution >= 0.6 is 11.3 Å². The minimum Gasteiger partial charge on any atom is -0.332 e. The van der Waals surface area contributed by atoms with Gasteiger partial charge < -0.3 is 4.90 Å². The van der Waals surface area contributed by atoms with Crippen LogP contribution in [0.4, 0.5) is 13.2 Å². The van der Waals surface area contributed by atoms with Gasteiger partial charge in [0.05, 0.1) is 6.54 Å². The molecule has 0 aliphatic heterocycles. The van der Waals surface area contributed by atoms with Crippen LogP contribution in [0, 0.1) is 0 Å². The van der Waals surface area contributed by atoms with Crippen molar-refractivity contribution >= 4 is 17.2 Å². The summed E-state index contributed by atoms with van der Waals surface area (Å²) in [4.78, 5) is 19.5. The molecule has 0 unspecified atom stereocenters. The lowest BCUT2D eigenvalue weighted by Gasteiger charge is -2.28. The molecule has 3 aromatic rings. The molecule has 2 heterocycles. The van der Waals surface area contributed by atoms with E-state index in [0.717, 1.165) is 42.3 Å². The molecule has 9 heteroatoms. The van der Waals surface area contributed by atoms with Gasteiger partial charge in [-0.1, -0.05) is 43.2 Å². The van der Waals surface area contributed by atoms with Crippen LogP contribution in [0.1, 0.15) is 41.9 Å². The molecule has 1 aromatic carbocycles. The molecule has 1 aliphatic rings. The van der Waals surface area contributed by atoms with E-state index in [-0.39, 0.29) is 18.5 Å². The van der Waals surface area contributed by atoms with Crippen LogP contribution in [-0.4, -0.2) is 38.2 Å². The quantitative estimate of drug-likeness (QED) is 0.542. The van der Waals surface area contributed by atoms with Crippen molar-refractivity contribution in [3.05, 3.63) is 59.4 Å². The predicted molar refractivity (Wildman–Crippen MR) is 108 cm³/mol. The molecule has 1 saturated carbocycles. The third kappa shape index (κ3) is 4.56. The van der Waals surface area contributed by atoms with Crippen molar-refractivity contribution in [1.29, 1.82) is 0 Å². The van der Waals surface area contributed by atoms with Gasteiger partial charge in [-0.2, -0.15) is 18.3 Å². The van der Waals surface area contributed by atoms with Crippen LogP contribution in [-0.2, 0) is 12.7 Å². The van der Waals surface area contributed by atoms with E-state index in [4.69, 9.17) is 0 Å². The van der Waals surface area contributed by atoms with Crippen LogP contribution < -0.4 is 0 Å². The highest BCUT2D eigenvalue weighted by Gasteiger charge is 2.34. The highest BCUT2D eigenvalue weighted by Crippen LogP contribution is 2.29. The lowest BCUT2D eigenvalue weighted by Crippen LogP contribution is -2.41. The molecule has 0 radical (unpaired) electrons. The summed E-state index contributed by atoms with van der Waals surface area (Å²) in [5.74, 6) is -0.177. The van der Waals surface area contributed by atoms with Crippen molar-refractivity contribution in [3.8, 4) is 10.6 Å². The largest absolute Gasteiger partial charge is 0.435 e. The van der Waals surface area contributed by atoms with Crippen LogP contribution in [0.5, 0.6) is 0 Å². The number of carbonyl (C=O) groups excluding carboxylic acids is 1. The first-order chi connectivity index (χ1) is 14.4. The highest BCUT2D eigenvalue weighted by atomic mass is 32.1. The summed E-state index contributed by atoms with van der Waals surface area (Å²) >= 11 is 1.41. The summed E-state index contributed by atoms with van der Waals surface area (Å²) in [7, 11) is 0. The van der Waals surface area contributed by atoms with Crippen molar-refractivity contribution in [2.24, 2.45) is 0 Å². The smallest absolute Gasteiger partial charge is 0.332 e. The van der Waals surface area contributed by atoms with Gasteiger partial charge in [0.25, 0.3) is 5.91 Å². The topological polar surface area (TPSA) is 51.0 Å². The fourth-order valence-electron chi connectivity index (χ4n) is 3.75. The number of halogens is 3. The van der Waals surface area contributed by atoms with Gasteiger partial charge in [-0.05, 0) is 18.9 Å². The van der Waals surface area contributed by atoms with E-state index in [1.165, 1.54) is 22.2 Å². The fourth-order valence-corrected chi connectivity index (χ4v) is 4.55. The second-order valence-electron chi connectivity index (χ2n) is 7.30. The molecule has 1 amide bonds. The van der Waals surface area contributed by atoms with Gasteiger partial charge in [-0.15, -0.1) is 11.3 Å². The molecule has 158 valence electrons. The van der Waals surface area contributed by atoms with Gasteiger partial charge >= 0.3 is 6.18 Å². The Morgan fingerprint density at radius 2 is 1.90 bits per heavy atom. The molecule has 0 N–H and O–H groups in total. The zero-order valence-electron chi connectivity index (χ0n) is 16.2. The maximum atomic E-state index is 13.2. The van der Waals surface area contributed by atoms with E-state index in [2.05, 4.69) is 10.1 Å². The van der Waals surface area contributed by atoms with Crippen LogP contribution in [0.25, 0.3) is 10.6 Å². The number of amides is 1. The van der Waals surface area contributed by atoms with E-state index >= 15 is 0 Å². The molecule has 0 saturated heterocycles. The second-order valence-corrected chi connectivity index (χ2v) is 8.16. The third-order valence-electron chi connectivity index (χ3n) is 5.27. The van der Waals surface area contributed by atoms with Gasteiger partial charge in [0.15, 0.2) is 5.69 Å². The van der Waals surface area contributed by atoms with Crippen molar-refractivity contribution in [1.82, 2.24) is 19.7 Å². The van der Waals surface area contributed by atoms with Crippen LogP contribution in [0.15, 0.2) is 48.0 Å². The van der Waals surface area contributed by atoms with Gasteiger partial charge in [-0.25, -0.2) is 4.98 Å². The monoisotopic (exact) mass is 434 g/mol. The number of rotatable bonds is 6. The summed E-state index contributed by atoms with van der Waals surface area (Å²) in [6.45, 7) is 0.495. The highest BCUT2D eigenvalue weighted by molar-refractivity contribution is 7.13. The first-order valence-corrected chi connectivity index (χ1v) is 10.7. The Morgan fingerprint density at radius 3 is 2.57 bits per heavy atom. The minimum atomic E-state index is -4.47. The van der Waals surface area contributed by atoms with E-state index in [1.54, 1.807) is 10.3 Å². The molecular formula is C21H21F3N4OS. The zero-order chi connectivity index (χ0) is 21.1. The Kier molecular flexibility index (Phi) is 5.90. The van der Waals surface area contributed by atoms with E-state index < -0.39 is 11.9 Å². The first-order valence-electron chi connectivity index (χ1n) is 9.84. The molecule has 0 spiro atoms. The number of aromatic nitrogens is 3. The average Bonchev–Trinajstić information content (AvgIpc) is 3.49. The molecule has 1 fully saturated rings. The lowest BCUT2D eigenvalue weighted by molar-refractivity contribution is -0.141. The molecule has 0 bridgehead atoms. The fraction of sp³-hybridized carbons (Fsp3) is 0.381. The number of nitrogens with zero attached hydrogens (tertiary/aromatic N) is 4. The maximum Gasteiger partial charge on any atom is 0.435 e. The summed E-state index contributed by atoms with van der Waals surface area (Å²) in [5.41, 5.74) is 0.403. The summed E-state index contributed by atoms with van der Waals surface area (Å²) < 4.78 is 39.6. The molecule has 5 nitrogen and oxygen atoms in total. The Balaban J connectivity index is 1.50. The van der Waals surface area contributed by atoms with E-state index in [9.17, 15) is 18.0 Å².